The number of carboxylic acid groups (broad SMARTS) is 1. The number of ether oxygens (including phenoxy) is 1. The van der Waals surface area contributed by atoms with Crippen LogP contribution in [0.15, 0.2) is 65.2 Å². The van der Waals surface area contributed by atoms with Crippen molar-refractivity contribution in [2.24, 2.45) is 0 Å². The van der Waals surface area contributed by atoms with E-state index in [1.807, 2.05) is 36.4 Å². The first kappa shape index (κ1) is 17.9. The Labute approximate surface area is 170 Å². The van der Waals surface area contributed by atoms with E-state index in [-0.39, 0.29) is 35.3 Å². The molecule has 0 spiro atoms. The van der Waals surface area contributed by atoms with Gasteiger partial charge in [-0.2, -0.15) is 4.98 Å². The van der Waals surface area contributed by atoms with E-state index in [2.05, 4.69) is 27.4 Å². The van der Waals surface area contributed by atoms with Gasteiger partial charge in [0, 0.05) is 18.2 Å². The number of amides is 1. The van der Waals surface area contributed by atoms with E-state index in [0.29, 0.717) is 0 Å². The van der Waals surface area contributed by atoms with Gasteiger partial charge in [0.1, 0.15) is 6.61 Å². The summed E-state index contributed by atoms with van der Waals surface area (Å²) in [7, 11) is 0. The molecule has 1 aliphatic carbocycles. The molecule has 8 nitrogen and oxygen atoms in total. The Morgan fingerprint density at radius 2 is 1.73 bits per heavy atom. The van der Waals surface area contributed by atoms with E-state index in [1.54, 1.807) is 0 Å². The Morgan fingerprint density at radius 3 is 2.40 bits per heavy atom. The molecule has 4 aromatic rings. The Morgan fingerprint density at radius 1 is 1.07 bits per heavy atom. The molecule has 0 saturated carbocycles. The van der Waals surface area contributed by atoms with Gasteiger partial charge in [0.05, 0.1) is 5.56 Å². The molecule has 8 heteroatoms. The van der Waals surface area contributed by atoms with Crippen molar-refractivity contribution in [1.82, 2.24) is 9.97 Å². The lowest BCUT2D eigenvalue weighted by Crippen LogP contribution is -2.18. The van der Waals surface area contributed by atoms with Crippen LogP contribution in [0, 0.1) is 0 Å². The molecule has 1 amide bonds. The second-order valence-electron chi connectivity index (χ2n) is 6.82. The van der Waals surface area contributed by atoms with E-state index in [4.69, 9.17) is 14.3 Å². The van der Waals surface area contributed by atoms with Gasteiger partial charge in [-0.15, -0.1) is 0 Å². The number of pyridine rings is 1. The SMILES string of the molecule is O=C(Nc1nc2ncc(C(=O)O)cc2o1)OCC1c2ccccc2-c2ccccc21. The third-order valence-corrected chi connectivity index (χ3v) is 5.05. The summed E-state index contributed by atoms with van der Waals surface area (Å²) in [6.07, 6.45) is 0.450. The standard InChI is InChI=1S/C22H15N3O5/c26-20(27)12-9-18-19(23-10-12)24-21(30-18)25-22(28)29-11-17-15-7-3-1-5-13(15)14-6-2-4-8-16(14)17/h1-10,17H,11H2,(H,26,27)(H,23,24,25,28). The fourth-order valence-corrected chi connectivity index (χ4v) is 3.71. The second-order valence-corrected chi connectivity index (χ2v) is 6.82. The third-order valence-electron chi connectivity index (χ3n) is 5.05. The maximum absolute atomic E-state index is 12.3. The number of hydrogen-bond donors (Lipinski definition) is 2. The monoisotopic (exact) mass is 401 g/mol. The van der Waals surface area contributed by atoms with Crippen LogP contribution in [0.5, 0.6) is 0 Å². The van der Waals surface area contributed by atoms with Crippen molar-refractivity contribution in [2.75, 3.05) is 11.9 Å². The van der Waals surface area contributed by atoms with Crippen molar-refractivity contribution >= 4 is 29.3 Å². The van der Waals surface area contributed by atoms with Crippen LogP contribution >= 0.6 is 0 Å². The van der Waals surface area contributed by atoms with Crippen LogP contribution in [0.4, 0.5) is 10.8 Å². The molecular formula is C22H15N3O5. The quantitative estimate of drug-likeness (QED) is 0.524. The summed E-state index contributed by atoms with van der Waals surface area (Å²) in [6.45, 7) is 0.154. The van der Waals surface area contributed by atoms with Crippen LogP contribution in [0.2, 0.25) is 0 Å². The maximum Gasteiger partial charge on any atom is 0.415 e. The van der Waals surface area contributed by atoms with Crippen LogP contribution in [-0.2, 0) is 4.74 Å². The predicted octanol–water partition coefficient (Wildman–Crippen LogP) is 4.28. The van der Waals surface area contributed by atoms with Crippen LogP contribution in [0.3, 0.4) is 0 Å². The van der Waals surface area contributed by atoms with Gasteiger partial charge in [-0.05, 0) is 22.3 Å². The average molecular weight is 401 g/mol. The number of nitrogens with zero attached hydrogens (tertiary/aromatic N) is 2. The first-order valence-corrected chi connectivity index (χ1v) is 9.22. The smallest absolute Gasteiger partial charge is 0.415 e. The fraction of sp³-hybridized carbons (Fsp3) is 0.0909. The Balaban J connectivity index is 1.31. The van der Waals surface area contributed by atoms with Crippen LogP contribution in [0.1, 0.15) is 27.4 Å². The number of oxazole rings is 1. The zero-order chi connectivity index (χ0) is 20.7. The van der Waals surface area contributed by atoms with Crippen LogP contribution in [0.25, 0.3) is 22.4 Å². The number of nitrogens with one attached hydrogen (secondary N) is 1. The van der Waals surface area contributed by atoms with Gasteiger partial charge in [-0.3, -0.25) is 0 Å². The molecule has 0 bridgehead atoms. The molecule has 30 heavy (non-hydrogen) atoms. The Bertz CT molecular complexity index is 1250. The molecule has 1 aliphatic rings. The highest BCUT2D eigenvalue weighted by Gasteiger charge is 2.29. The van der Waals surface area contributed by atoms with E-state index in [0.717, 1.165) is 22.3 Å². The maximum atomic E-state index is 12.3. The van der Waals surface area contributed by atoms with Crippen LogP contribution < -0.4 is 5.32 Å². The van der Waals surface area contributed by atoms with Gasteiger partial charge in [0.2, 0.25) is 5.65 Å². The highest BCUT2D eigenvalue weighted by atomic mass is 16.6. The largest absolute Gasteiger partial charge is 0.478 e. The summed E-state index contributed by atoms with van der Waals surface area (Å²) in [5.74, 6) is -1.20. The summed E-state index contributed by atoms with van der Waals surface area (Å²) in [5.41, 5.74) is 4.81. The number of carbonyl (C=O) groups is 2. The van der Waals surface area contributed by atoms with E-state index in [1.165, 1.54) is 12.3 Å². The molecule has 0 aliphatic heterocycles. The summed E-state index contributed by atoms with van der Waals surface area (Å²) >= 11 is 0. The molecule has 0 unspecified atom stereocenters. The number of anilines is 1. The van der Waals surface area contributed by atoms with Gasteiger partial charge < -0.3 is 14.3 Å². The number of hydrogen-bond acceptors (Lipinski definition) is 6. The molecule has 148 valence electrons. The fourth-order valence-electron chi connectivity index (χ4n) is 3.71. The molecule has 0 fully saturated rings. The number of rotatable bonds is 4. The Hall–Kier alpha value is -4.20. The lowest BCUT2D eigenvalue weighted by atomic mass is 9.98. The number of carbonyl (C=O) groups excluding carboxylic acids is 1. The van der Waals surface area contributed by atoms with Gasteiger partial charge in [0.15, 0.2) is 5.58 Å². The third kappa shape index (κ3) is 3.04. The van der Waals surface area contributed by atoms with E-state index in [9.17, 15) is 9.59 Å². The number of aromatic nitrogens is 2. The zero-order valence-electron chi connectivity index (χ0n) is 15.5. The van der Waals surface area contributed by atoms with Gasteiger partial charge in [-0.25, -0.2) is 19.9 Å². The number of fused-ring (bicyclic) bond motifs is 4. The highest BCUT2D eigenvalue weighted by molar-refractivity contribution is 5.91. The predicted molar refractivity (Wildman–Crippen MR) is 107 cm³/mol. The minimum atomic E-state index is -1.13. The van der Waals surface area contributed by atoms with Crippen molar-refractivity contribution in [3.05, 3.63) is 77.5 Å². The van der Waals surface area contributed by atoms with Gasteiger partial charge >= 0.3 is 18.1 Å². The second kappa shape index (κ2) is 7.00. The van der Waals surface area contributed by atoms with Crippen LogP contribution in [-0.4, -0.2) is 33.7 Å². The summed E-state index contributed by atoms with van der Waals surface area (Å²) in [6, 6.07) is 17.3. The normalized spacial score (nSPS) is 12.4. The van der Waals surface area contributed by atoms with E-state index < -0.39 is 12.1 Å². The number of aromatic carboxylic acids is 1. The first-order chi connectivity index (χ1) is 14.6. The van der Waals surface area contributed by atoms with Crippen molar-refractivity contribution in [3.8, 4) is 11.1 Å². The molecule has 5 rings (SSSR count). The van der Waals surface area contributed by atoms with Crippen molar-refractivity contribution < 1.29 is 23.8 Å². The molecule has 2 heterocycles. The zero-order valence-corrected chi connectivity index (χ0v) is 15.5. The number of benzene rings is 2. The molecule has 2 aromatic carbocycles. The number of carboxylic acids is 1. The minimum Gasteiger partial charge on any atom is -0.478 e. The minimum absolute atomic E-state index is 0.0358. The molecule has 2 aromatic heterocycles. The first-order valence-electron chi connectivity index (χ1n) is 9.22. The summed E-state index contributed by atoms with van der Waals surface area (Å²) in [4.78, 5) is 31.3. The molecule has 0 radical (unpaired) electrons. The van der Waals surface area contributed by atoms with Crippen molar-refractivity contribution in [2.45, 2.75) is 5.92 Å². The topological polar surface area (TPSA) is 115 Å². The lowest BCUT2D eigenvalue weighted by molar-refractivity contribution is 0.0696. The summed E-state index contributed by atoms with van der Waals surface area (Å²) in [5, 5.41) is 11.4. The Kier molecular flexibility index (Phi) is 4.17. The van der Waals surface area contributed by atoms with Gasteiger partial charge in [-0.1, -0.05) is 48.5 Å². The van der Waals surface area contributed by atoms with Gasteiger partial charge in [0.25, 0.3) is 0 Å². The summed E-state index contributed by atoms with van der Waals surface area (Å²) < 4.78 is 10.8. The van der Waals surface area contributed by atoms with Crippen molar-refractivity contribution in [1.29, 1.82) is 0 Å². The highest BCUT2D eigenvalue weighted by Crippen LogP contribution is 2.44. The average Bonchev–Trinajstić information content (AvgIpc) is 3.30. The molecular weight excluding hydrogens is 386 g/mol. The van der Waals surface area contributed by atoms with E-state index >= 15 is 0 Å². The van der Waals surface area contributed by atoms with Crippen molar-refractivity contribution in [3.63, 3.8) is 0 Å². The molecule has 0 saturated heterocycles. The molecule has 0 atom stereocenters. The lowest BCUT2D eigenvalue weighted by Gasteiger charge is -2.13. The molecule has 2 N–H and O–H groups in total.